The van der Waals surface area contributed by atoms with Crippen LogP contribution in [0.25, 0.3) is 106 Å². The first-order valence-corrected chi connectivity index (χ1v) is 16.1. The van der Waals surface area contributed by atoms with Gasteiger partial charge in [-0.05, 0) is 66.7 Å². The fourth-order valence-electron chi connectivity index (χ4n) is 7.17. The highest BCUT2D eigenvalue weighted by Crippen LogP contribution is 2.36. The number of furan rings is 2. The molecule has 0 fully saturated rings. The minimum absolute atomic E-state index is 0.554. The topological polar surface area (TPSA) is 82.2 Å². The SMILES string of the molecule is c1ccc2c(c1)nc1ccc3c(-c4nc(-c5ccc6c(c5)oc5ccccc56)nc(-c5ccc6c(c5)oc5ccccc56)n4)cccc3n12. The molecular formula is C42H23N5O2. The molecule has 5 aromatic heterocycles. The van der Waals surface area contributed by atoms with Crippen LogP contribution in [0.1, 0.15) is 0 Å². The Hall–Kier alpha value is -6.86. The number of hydrogen-bond acceptors (Lipinski definition) is 6. The third-order valence-corrected chi connectivity index (χ3v) is 9.46. The van der Waals surface area contributed by atoms with Crippen molar-refractivity contribution in [1.29, 1.82) is 0 Å². The summed E-state index contributed by atoms with van der Waals surface area (Å²) in [6, 6.07) is 47.1. The van der Waals surface area contributed by atoms with Crippen LogP contribution >= 0.6 is 0 Å². The Labute approximate surface area is 277 Å². The molecule has 49 heavy (non-hydrogen) atoms. The van der Waals surface area contributed by atoms with E-state index in [2.05, 4.69) is 77.2 Å². The fourth-order valence-corrected chi connectivity index (χ4v) is 7.17. The van der Waals surface area contributed by atoms with E-state index in [9.17, 15) is 0 Å². The summed E-state index contributed by atoms with van der Waals surface area (Å²) in [5, 5.41) is 5.27. The molecule has 7 heteroatoms. The Morgan fingerprint density at radius 1 is 0.388 bits per heavy atom. The van der Waals surface area contributed by atoms with Crippen LogP contribution in [0.15, 0.2) is 148 Å². The number of hydrogen-bond donors (Lipinski definition) is 0. The second-order valence-electron chi connectivity index (χ2n) is 12.3. The van der Waals surface area contributed by atoms with Crippen molar-refractivity contribution in [3.05, 3.63) is 140 Å². The monoisotopic (exact) mass is 629 g/mol. The molecule has 11 aromatic rings. The Morgan fingerprint density at radius 3 is 1.63 bits per heavy atom. The lowest BCUT2D eigenvalue weighted by molar-refractivity contribution is 0.668. The molecule has 0 bridgehead atoms. The predicted molar refractivity (Wildman–Crippen MR) is 194 cm³/mol. The average Bonchev–Trinajstić information content (AvgIpc) is 3.85. The van der Waals surface area contributed by atoms with Gasteiger partial charge in [0.25, 0.3) is 0 Å². The smallest absolute Gasteiger partial charge is 0.164 e. The Bertz CT molecular complexity index is 3000. The molecule has 11 rings (SSSR count). The van der Waals surface area contributed by atoms with Gasteiger partial charge in [0, 0.05) is 43.6 Å². The van der Waals surface area contributed by atoms with Crippen LogP contribution < -0.4 is 0 Å². The van der Waals surface area contributed by atoms with Crippen LogP contribution in [0, 0.1) is 0 Å². The van der Waals surface area contributed by atoms with Gasteiger partial charge in [0.1, 0.15) is 28.0 Å². The van der Waals surface area contributed by atoms with Crippen molar-refractivity contribution in [2.75, 3.05) is 0 Å². The third kappa shape index (κ3) is 3.90. The quantitative estimate of drug-likeness (QED) is 0.193. The molecule has 7 nitrogen and oxygen atoms in total. The van der Waals surface area contributed by atoms with Crippen LogP contribution in [-0.4, -0.2) is 24.3 Å². The maximum absolute atomic E-state index is 6.26. The van der Waals surface area contributed by atoms with Gasteiger partial charge in [-0.15, -0.1) is 0 Å². The molecule has 0 spiro atoms. The van der Waals surface area contributed by atoms with Gasteiger partial charge in [-0.1, -0.05) is 72.8 Å². The van der Waals surface area contributed by atoms with E-state index in [-0.39, 0.29) is 0 Å². The lowest BCUT2D eigenvalue weighted by atomic mass is 10.1. The molecule has 0 atom stereocenters. The number of imidazole rings is 1. The summed E-state index contributed by atoms with van der Waals surface area (Å²) in [6.07, 6.45) is 0. The van der Waals surface area contributed by atoms with Gasteiger partial charge in [0.15, 0.2) is 17.5 Å². The first-order chi connectivity index (χ1) is 24.2. The fraction of sp³-hybridized carbons (Fsp3) is 0. The maximum atomic E-state index is 6.26. The van der Waals surface area contributed by atoms with E-state index in [1.54, 1.807) is 0 Å². The Balaban J connectivity index is 1.16. The van der Waals surface area contributed by atoms with Gasteiger partial charge in [-0.25, -0.2) is 19.9 Å². The van der Waals surface area contributed by atoms with Crippen LogP contribution in [0.3, 0.4) is 0 Å². The predicted octanol–water partition coefficient (Wildman–Crippen LogP) is 10.6. The second-order valence-corrected chi connectivity index (χ2v) is 12.3. The lowest BCUT2D eigenvalue weighted by Gasteiger charge is -2.11. The second kappa shape index (κ2) is 9.82. The average molecular weight is 630 g/mol. The Kier molecular flexibility index (Phi) is 5.26. The number of para-hydroxylation sites is 4. The van der Waals surface area contributed by atoms with Crippen molar-refractivity contribution in [3.8, 4) is 34.2 Å². The van der Waals surface area contributed by atoms with Crippen molar-refractivity contribution in [1.82, 2.24) is 24.3 Å². The zero-order valence-electron chi connectivity index (χ0n) is 25.8. The Morgan fingerprint density at radius 2 is 0.939 bits per heavy atom. The maximum Gasteiger partial charge on any atom is 0.164 e. The number of nitrogens with zero attached hydrogens (tertiary/aromatic N) is 5. The number of benzene rings is 6. The van der Waals surface area contributed by atoms with Gasteiger partial charge in [-0.3, -0.25) is 4.40 Å². The molecule has 0 aliphatic carbocycles. The van der Waals surface area contributed by atoms with E-state index in [4.69, 9.17) is 28.8 Å². The molecule has 5 heterocycles. The van der Waals surface area contributed by atoms with Gasteiger partial charge < -0.3 is 8.83 Å². The number of pyridine rings is 1. The van der Waals surface area contributed by atoms with Crippen molar-refractivity contribution >= 4 is 71.5 Å². The standard InChI is InChI=1S/C42H23N5O2/c1-5-14-35-27(8-1)29-18-16-24(22-37(29)48-35)40-44-41(25-17-19-30-28-9-2-6-15-36(28)49-38(30)23-25)46-42(45-40)31-10-7-13-33-26(31)20-21-39-43-32-11-3-4-12-34(32)47(33)39/h1-23H. The highest BCUT2D eigenvalue weighted by atomic mass is 16.3. The summed E-state index contributed by atoms with van der Waals surface area (Å²) >= 11 is 0. The first kappa shape index (κ1) is 26.2. The molecule has 0 N–H and O–H groups in total. The summed E-state index contributed by atoms with van der Waals surface area (Å²) in [7, 11) is 0. The lowest BCUT2D eigenvalue weighted by Crippen LogP contribution is -2.01. The van der Waals surface area contributed by atoms with Crippen LogP contribution in [0.5, 0.6) is 0 Å². The van der Waals surface area contributed by atoms with Gasteiger partial charge in [0.2, 0.25) is 0 Å². The zero-order chi connectivity index (χ0) is 32.1. The summed E-state index contributed by atoms with van der Waals surface area (Å²) in [5.74, 6) is 1.68. The van der Waals surface area contributed by atoms with Crippen molar-refractivity contribution < 1.29 is 8.83 Å². The minimum atomic E-state index is 0.554. The van der Waals surface area contributed by atoms with Crippen LogP contribution in [-0.2, 0) is 0 Å². The van der Waals surface area contributed by atoms with E-state index in [0.717, 1.165) is 88.2 Å². The van der Waals surface area contributed by atoms with E-state index < -0.39 is 0 Å². The highest BCUT2D eigenvalue weighted by Gasteiger charge is 2.18. The van der Waals surface area contributed by atoms with E-state index >= 15 is 0 Å². The van der Waals surface area contributed by atoms with E-state index in [1.807, 2.05) is 66.7 Å². The summed E-state index contributed by atoms with van der Waals surface area (Å²) in [4.78, 5) is 20.2. The van der Waals surface area contributed by atoms with Gasteiger partial charge in [0.05, 0.1) is 16.6 Å². The molecule has 6 aromatic carbocycles. The first-order valence-electron chi connectivity index (χ1n) is 16.1. The molecular weight excluding hydrogens is 606 g/mol. The summed E-state index contributed by atoms with van der Waals surface area (Å²) in [6.45, 7) is 0. The van der Waals surface area contributed by atoms with Crippen molar-refractivity contribution in [2.45, 2.75) is 0 Å². The molecule has 0 radical (unpaired) electrons. The zero-order valence-corrected chi connectivity index (χ0v) is 25.8. The summed E-state index contributed by atoms with van der Waals surface area (Å²) < 4.78 is 14.7. The van der Waals surface area contributed by atoms with E-state index in [0.29, 0.717) is 17.5 Å². The largest absolute Gasteiger partial charge is 0.456 e. The molecule has 228 valence electrons. The number of fused-ring (bicyclic) bond motifs is 11. The third-order valence-electron chi connectivity index (χ3n) is 9.46. The minimum Gasteiger partial charge on any atom is -0.456 e. The van der Waals surface area contributed by atoms with Gasteiger partial charge >= 0.3 is 0 Å². The van der Waals surface area contributed by atoms with Crippen LogP contribution in [0.2, 0.25) is 0 Å². The normalized spacial score (nSPS) is 12.1. The molecule has 0 saturated heterocycles. The molecule has 0 saturated carbocycles. The highest BCUT2D eigenvalue weighted by molar-refractivity contribution is 6.07. The summed E-state index contributed by atoms with van der Waals surface area (Å²) in [5.41, 5.74) is 9.75. The van der Waals surface area contributed by atoms with Gasteiger partial charge in [-0.2, -0.15) is 0 Å². The molecule has 0 aliphatic heterocycles. The van der Waals surface area contributed by atoms with E-state index in [1.165, 1.54) is 0 Å². The molecule has 0 aliphatic rings. The van der Waals surface area contributed by atoms with Crippen molar-refractivity contribution in [2.24, 2.45) is 0 Å². The van der Waals surface area contributed by atoms with Crippen molar-refractivity contribution in [3.63, 3.8) is 0 Å². The van der Waals surface area contributed by atoms with Crippen LogP contribution in [0.4, 0.5) is 0 Å². The number of aromatic nitrogens is 5. The molecule has 0 unspecified atom stereocenters. The number of rotatable bonds is 3. The molecule has 0 amide bonds.